The summed E-state index contributed by atoms with van der Waals surface area (Å²) in [5.41, 5.74) is 2.54. The number of carbonyl (C=O) groups is 2. The zero-order valence-corrected chi connectivity index (χ0v) is 18.2. The van der Waals surface area contributed by atoms with E-state index in [1.54, 1.807) is 36.4 Å². The molecule has 0 aliphatic rings. The normalized spacial score (nSPS) is 10.4. The Hall–Kier alpha value is -3.97. The Morgan fingerprint density at radius 1 is 0.875 bits per heavy atom. The largest absolute Gasteiger partial charge is 0.494 e. The molecule has 7 heteroatoms. The fraction of sp³-hybridized carbons (Fsp3) is 0.0800. The first-order valence-corrected chi connectivity index (χ1v) is 10.9. The van der Waals surface area contributed by atoms with E-state index in [0.29, 0.717) is 33.6 Å². The lowest BCUT2D eigenvalue weighted by molar-refractivity contribution is 0.104. The van der Waals surface area contributed by atoms with Gasteiger partial charge in [0.05, 0.1) is 12.3 Å². The van der Waals surface area contributed by atoms with Crippen LogP contribution in [0.3, 0.4) is 0 Å². The molecule has 160 valence electrons. The molecule has 0 radical (unpaired) electrons. The lowest BCUT2D eigenvalue weighted by atomic mass is 10.1. The van der Waals surface area contributed by atoms with Crippen molar-refractivity contribution in [1.29, 1.82) is 0 Å². The van der Waals surface area contributed by atoms with E-state index in [-0.39, 0.29) is 5.78 Å². The minimum atomic E-state index is -0.443. The maximum Gasteiger partial charge on any atom is 0.325 e. The van der Waals surface area contributed by atoms with Gasteiger partial charge in [-0.15, -0.1) is 0 Å². The lowest BCUT2D eigenvalue weighted by Crippen LogP contribution is -2.19. The van der Waals surface area contributed by atoms with E-state index in [4.69, 9.17) is 4.74 Å². The van der Waals surface area contributed by atoms with Crippen molar-refractivity contribution in [1.82, 2.24) is 4.98 Å². The lowest BCUT2D eigenvalue weighted by Gasteiger charge is -2.07. The second-order valence-electron chi connectivity index (χ2n) is 6.79. The summed E-state index contributed by atoms with van der Waals surface area (Å²) in [4.78, 5) is 30.7. The van der Waals surface area contributed by atoms with Gasteiger partial charge in [0.15, 0.2) is 5.13 Å². The van der Waals surface area contributed by atoms with Crippen LogP contribution in [0, 0.1) is 0 Å². The first-order valence-electron chi connectivity index (χ1n) is 10.1. The Bertz CT molecular complexity index is 1210. The molecule has 0 saturated heterocycles. The summed E-state index contributed by atoms with van der Waals surface area (Å²) in [6.45, 7) is 2.49. The first kappa shape index (κ1) is 21.3. The maximum atomic E-state index is 13.1. The highest BCUT2D eigenvalue weighted by Gasteiger charge is 2.21. The van der Waals surface area contributed by atoms with Crippen LogP contribution in [0.15, 0.2) is 84.9 Å². The molecule has 0 atom stereocenters. The summed E-state index contributed by atoms with van der Waals surface area (Å²) in [5, 5.41) is 5.85. The van der Waals surface area contributed by atoms with Crippen molar-refractivity contribution < 1.29 is 14.3 Å². The molecule has 3 aromatic carbocycles. The van der Waals surface area contributed by atoms with Crippen molar-refractivity contribution in [2.24, 2.45) is 0 Å². The number of hydrogen-bond donors (Lipinski definition) is 2. The second kappa shape index (κ2) is 9.89. The van der Waals surface area contributed by atoms with E-state index in [0.717, 1.165) is 22.6 Å². The number of ketones is 1. The highest BCUT2D eigenvalue weighted by Crippen LogP contribution is 2.33. The van der Waals surface area contributed by atoms with Crippen molar-refractivity contribution in [3.63, 3.8) is 0 Å². The average Bonchev–Trinajstić information content (AvgIpc) is 3.24. The quantitative estimate of drug-likeness (QED) is 0.339. The molecule has 4 aromatic rings. The molecule has 2 amide bonds. The molecule has 4 rings (SSSR count). The Balaban J connectivity index is 1.57. The summed E-state index contributed by atoms with van der Waals surface area (Å²) >= 11 is 1.15. The Morgan fingerprint density at radius 3 is 2.19 bits per heavy atom. The minimum Gasteiger partial charge on any atom is -0.494 e. The predicted molar refractivity (Wildman–Crippen MR) is 128 cm³/mol. The number of nitrogens with zero attached hydrogens (tertiary/aromatic N) is 1. The van der Waals surface area contributed by atoms with Crippen molar-refractivity contribution in [3.05, 3.63) is 95.4 Å². The van der Waals surface area contributed by atoms with Crippen molar-refractivity contribution in [3.8, 4) is 17.0 Å². The molecular weight excluding hydrogens is 422 g/mol. The minimum absolute atomic E-state index is 0.137. The summed E-state index contributed by atoms with van der Waals surface area (Å²) in [6, 6.07) is 25.1. The van der Waals surface area contributed by atoms with Gasteiger partial charge < -0.3 is 10.1 Å². The van der Waals surface area contributed by atoms with Crippen molar-refractivity contribution >= 4 is 34.0 Å². The highest BCUT2D eigenvalue weighted by molar-refractivity contribution is 7.18. The second-order valence-corrected chi connectivity index (χ2v) is 7.79. The predicted octanol–water partition coefficient (Wildman–Crippen LogP) is 6.08. The van der Waals surface area contributed by atoms with E-state index in [2.05, 4.69) is 15.6 Å². The van der Waals surface area contributed by atoms with Crippen LogP contribution in [0.2, 0.25) is 0 Å². The van der Waals surface area contributed by atoms with Gasteiger partial charge in [0.1, 0.15) is 10.6 Å². The maximum absolute atomic E-state index is 13.1. The van der Waals surface area contributed by atoms with Gasteiger partial charge in [0.25, 0.3) is 0 Å². The number of thiazole rings is 1. The first-order chi connectivity index (χ1) is 15.6. The van der Waals surface area contributed by atoms with Gasteiger partial charge >= 0.3 is 6.03 Å². The third kappa shape index (κ3) is 5.01. The van der Waals surface area contributed by atoms with Crippen LogP contribution in [0.1, 0.15) is 22.2 Å². The third-order valence-electron chi connectivity index (χ3n) is 4.56. The highest BCUT2D eigenvalue weighted by atomic mass is 32.1. The van der Waals surface area contributed by atoms with E-state index in [1.807, 2.05) is 55.5 Å². The number of benzene rings is 3. The molecule has 0 aliphatic heterocycles. The number of rotatable bonds is 7. The Labute approximate surface area is 189 Å². The number of aromatic nitrogens is 1. The molecule has 0 aliphatic carbocycles. The van der Waals surface area contributed by atoms with E-state index < -0.39 is 6.03 Å². The van der Waals surface area contributed by atoms with Crippen molar-refractivity contribution in [2.75, 3.05) is 17.2 Å². The van der Waals surface area contributed by atoms with Crippen LogP contribution in [0.5, 0.6) is 5.75 Å². The molecule has 6 nitrogen and oxygen atoms in total. The zero-order valence-electron chi connectivity index (χ0n) is 17.4. The molecule has 0 fully saturated rings. The van der Waals surface area contributed by atoms with Crippen LogP contribution >= 0.6 is 11.3 Å². The number of nitrogens with one attached hydrogen (secondary N) is 2. The van der Waals surface area contributed by atoms with Crippen LogP contribution in [0.25, 0.3) is 11.3 Å². The van der Waals surface area contributed by atoms with Gasteiger partial charge in [-0.2, -0.15) is 0 Å². The molecule has 2 N–H and O–H groups in total. The summed E-state index contributed by atoms with van der Waals surface area (Å²) in [7, 11) is 0. The molecular formula is C25H21N3O3S. The van der Waals surface area contributed by atoms with Gasteiger partial charge in [-0.1, -0.05) is 72.0 Å². The smallest absolute Gasteiger partial charge is 0.325 e. The fourth-order valence-electron chi connectivity index (χ4n) is 3.10. The number of anilines is 2. The van der Waals surface area contributed by atoms with Gasteiger partial charge in [-0.3, -0.25) is 10.1 Å². The standard InChI is InChI=1S/C25H21N3O3S/c1-2-31-20-15-13-19(14-16-20)26-24(30)28-25-27-21(17-9-5-3-6-10-17)23(32-25)22(29)18-11-7-4-8-12-18/h3-16H,2H2,1H3,(H2,26,27,28,30). The molecule has 32 heavy (non-hydrogen) atoms. The molecule has 0 bridgehead atoms. The van der Waals surface area contributed by atoms with Gasteiger partial charge in [0.2, 0.25) is 5.78 Å². The average molecular weight is 444 g/mol. The topological polar surface area (TPSA) is 80.3 Å². The molecule has 0 unspecified atom stereocenters. The number of urea groups is 1. The van der Waals surface area contributed by atoms with Crippen LogP contribution in [-0.2, 0) is 0 Å². The third-order valence-corrected chi connectivity index (χ3v) is 5.53. The summed E-state index contributed by atoms with van der Waals surface area (Å²) < 4.78 is 5.41. The Kier molecular flexibility index (Phi) is 6.57. The van der Waals surface area contributed by atoms with Gasteiger partial charge in [-0.25, -0.2) is 9.78 Å². The van der Waals surface area contributed by atoms with Crippen LogP contribution in [0.4, 0.5) is 15.6 Å². The number of hydrogen-bond acceptors (Lipinski definition) is 5. The van der Waals surface area contributed by atoms with Crippen LogP contribution < -0.4 is 15.4 Å². The number of ether oxygens (including phenoxy) is 1. The molecule has 0 spiro atoms. The fourth-order valence-corrected chi connectivity index (χ4v) is 4.05. The van der Waals surface area contributed by atoms with Gasteiger partial charge in [0, 0.05) is 16.8 Å². The SMILES string of the molecule is CCOc1ccc(NC(=O)Nc2nc(-c3ccccc3)c(C(=O)c3ccccc3)s2)cc1. The molecule has 0 saturated carbocycles. The molecule has 1 heterocycles. The zero-order chi connectivity index (χ0) is 22.3. The summed E-state index contributed by atoms with van der Waals surface area (Å²) in [5.74, 6) is 0.594. The molecule has 1 aromatic heterocycles. The monoisotopic (exact) mass is 443 g/mol. The Morgan fingerprint density at radius 2 is 1.53 bits per heavy atom. The summed E-state index contributed by atoms with van der Waals surface area (Å²) in [6.07, 6.45) is 0. The number of carbonyl (C=O) groups excluding carboxylic acids is 2. The van der Waals surface area contributed by atoms with Crippen LogP contribution in [-0.4, -0.2) is 23.4 Å². The number of amides is 2. The van der Waals surface area contributed by atoms with E-state index in [1.165, 1.54) is 0 Å². The van der Waals surface area contributed by atoms with E-state index in [9.17, 15) is 9.59 Å². The van der Waals surface area contributed by atoms with Gasteiger partial charge in [-0.05, 0) is 31.2 Å². The van der Waals surface area contributed by atoms with E-state index >= 15 is 0 Å². The van der Waals surface area contributed by atoms with Crippen molar-refractivity contribution in [2.45, 2.75) is 6.92 Å².